The van der Waals surface area contributed by atoms with Crippen LogP contribution in [-0.4, -0.2) is 31.5 Å². The third-order valence-corrected chi connectivity index (χ3v) is 5.45. The maximum atomic E-state index is 9.22. The van der Waals surface area contributed by atoms with E-state index in [0.717, 1.165) is 48.5 Å². The highest BCUT2D eigenvalue weighted by Gasteiger charge is 2.16. The molecule has 0 aliphatic carbocycles. The van der Waals surface area contributed by atoms with Crippen LogP contribution in [0.5, 0.6) is 11.5 Å². The molecular weight excluding hydrogens is 358 g/mol. The van der Waals surface area contributed by atoms with Gasteiger partial charge in [-0.05, 0) is 62.4 Å². The topological polar surface area (TPSA) is 64.7 Å². The van der Waals surface area contributed by atoms with E-state index in [1.54, 1.807) is 25.6 Å². The summed E-state index contributed by atoms with van der Waals surface area (Å²) >= 11 is 1.71. The third kappa shape index (κ3) is 6.91. The Bertz CT molecular complexity index is 786. The summed E-state index contributed by atoms with van der Waals surface area (Å²) in [5, 5.41) is 9.22. The van der Waals surface area contributed by atoms with E-state index in [1.807, 2.05) is 19.1 Å². The molecule has 0 saturated carbocycles. The van der Waals surface area contributed by atoms with Gasteiger partial charge in [0.2, 0.25) is 0 Å². The standard InChI is InChI=1S/C22H29NO3S/c1-22(23,16-24)14-13-19-11-10-18(27-19)8-6-4-5-7-17-9-12-20(25-2)21(15-17)26-3/h9-12,15,24H,4-5,7,13-14,16,23H2,1-3H3. The average molecular weight is 388 g/mol. The van der Waals surface area contributed by atoms with Crippen LogP contribution < -0.4 is 15.2 Å². The monoisotopic (exact) mass is 387 g/mol. The number of hydrogen-bond acceptors (Lipinski definition) is 5. The minimum Gasteiger partial charge on any atom is -0.493 e. The second-order valence-electron chi connectivity index (χ2n) is 6.92. The smallest absolute Gasteiger partial charge is 0.160 e. The van der Waals surface area contributed by atoms with Gasteiger partial charge in [-0.3, -0.25) is 0 Å². The van der Waals surface area contributed by atoms with Gasteiger partial charge in [-0.2, -0.15) is 0 Å². The molecule has 0 radical (unpaired) electrons. The van der Waals surface area contributed by atoms with E-state index < -0.39 is 5.54 Å². The van der Waals surface area contributed by atoms with Crippen molar-refractivity contribution in [2.75, 3.05) is 20.8 Å². The predicted molar refractivity (Wildman–Crippen MR) is 112 cm³/mol. The highest BCUT2D eigenvalue weighted by atomic mass is 32.1. The van der Waals surface area contributed by atoms with Gasteiger partial charge in [0.05, 0.1) is 25.7 Å². The largest absolute Gasteiger partial charge is 0.493 e. The Morgan fingerprint density at radius 1 is 1.11 bits per heavy atom. The van der Waals surface area contributed by atoms with Crippen LogP contribution in [0, 0.1) is 11.8 Å². The van der Waals surface area contributed by atoms with Gasteiger partial charge < -0.3 is 20.3 Å². The van der Waals surface area contributed by atoms with Crippen molar-refractivity contribution in [3.8, 4) is 23.3 Å². The first-order chi connectivity index (χ1) is 13.0. The van der Waals surface area contributed by atoms with Crippen molar-refractivity contribution < 1.29 is 14.6 Å². The van der Waals surface area contributed by atoms with E-state index in [1.165, 1.54) is 10.4 Å². The zero-order chi connectivity index (χ0) is 19.7. The van der Waals surface area contributed by atoms with Crippen LogP contribution in [0.3, 0.4) is 0 Å². The van der Waals surface area contributed by atoms with Crippen molar-refractivity contribution in [1.82, 2.24) is 0 Å². The minimum atomic E-state index is -0.514. The van der Waals surface area contributed by atoms with Crippen LogP contribution in [0.1, 0.15) is 41.5 Å². The van der Waals surface area contributed by atoms with E-state index >= 15 is 0 Å². The van der Waals surface area contributed by atoms with Crippen LogP contribution >= 0.6 is 11.3 Å². The van der Waals surface area contributed by atoms with Crippen LogP contribution in [0.15, 0.2) is 30.3 Å². The SMILES string of the molecule is COc1ccc(CCCC#Cc2ccc(CCC(C)(N)CO)s2)cc1OC. The first-order valence-electron chi connectivity index (χ1n) is 9.15. The van der Waals surface area contributed by atoms with Gasteiger partial charge in [-0.1, -0.05) is 17.9 Å². The molecule has 3 N–H and O–H groups in total. The molecule has 1 heterocycles. The van der Waals surface area contributed by atoms with E-state index in [2.05, 4.69) is 30.0 Å². The van der Waals surface area contributed by atoms with E-state index in [4.69, 9.17) is 15.2 Å². The summed E-state index contributed by atoms with van der Waals surface area (Å²) in [5.74, 6) is 8.03. The van der Waals surface area contributed by atoms with Crippen molar-refractivity contribution in [3.63, 3.8) is 0 Å². The van der Waals surface area contributed by atoms with Crippen molar-refractivity contribution in [2.45, 2.75) is 44.6 Å². The number of thiophene rings is 1. The summed E-state index contributed by atoms with van der Waals surface area (Å²) < 4.78 is 10.6. The molecule has 0 fully saturated rings. The van der Waals surface area contributed by atoms with Gasteiger partial charge in [0, 0.05) is 16.8 Å². The molecule has 0 bridgehead atoms. The number of benzene rings is 1. The number of unbranched alkanes of at least 4 members (excludes halogenated alkanes) is 1. The Kier molecular flexibility index (Phi) is 8.18. The Labute approximate surface area is 166 Å². The van der Waals surface area contributed by atoms with Gasteiger partial charge in [-0.25, -0.2) is 0 Å². The molecule has 1 aromatic heterocycles. The number of rotatable bonds is 9. The lowest BCUT2D eigenvalue weighted by atomic mass is 9.98. The number of aryl methyl sites for hydroxylation is 2. The van der Waals surface area contributed by atoms with Gasteiger partial charge in [0.25, 0.3) is 0 Å². The quantitative estimate of drug-likeness (QED) is 0.508. The Hall–Kier alpha value is -2.00. The van der Waals surface area contributed by atoms with E-state index in [9.17, 15) is 5.11 Å². The Balaban J connectivity index is 1.79. The van der Waals surface area contributed by atoms with Crippen molar-refractivity contribution in [2.24, 2.45) is 5.73 Å². The fourth-order valence-corrected chi connectivity index (χ4v) is 3.52. The summed E-state index contributed by atoms with van der Waals surface area (Å²) in [5.41, 5.74) is 6.69. The van der Waals surface area contributed by atoms with Gasteiger partial charge in [-0.15, -0.1) is 11.3 Å². The molecule has 27 heavy (non-hydrogen) atoms. The lowest BCUT2D eigenvalue weighted by Gasteiger charge is -2.20. The third-order valence-electron chi connectivity index (χ3n) is 4.39. The first kappa shape index (κ1) is 21.3. The van der Waals surface area contributed by atoms with Gasteiger partial charge in [0.15, 0.2) is 11.5 Å². The molecular formula is C22H29NO3S. The molecule has 4 nitrogen and oxygen atoms in total. The zero-order valence-electron chi connectivity index (χ0n) is 16.4. The number of hydrogen-bond donors (Lipinski definition) is 2. The molecule has 1 atom stereocenters. The van der Waals surface area contributed by atoms with E-state index in [0.29, 0.717) is 0 Å². The van der Waals surface area contributed by atoms with Crippen LogP contribution in [0.4, 0.5) is 0 Å². The van der Waals surface area contributed by atoms with Crippen molar-refractivity contribution in [3.05, 3.63) is 45.6 Å². The van der Waals surface area contributed by atoms with Gasteiger partial charge >= 0.3 is 0 Å². The molecule has 1 unspecified atom stereocenters. The van der Waals surface area contributed by atoms with Gasteiger partial charge in [0.1, 0.15) is 0 Å². The molecule has 5 heteroatoms. The fourth-order valence-electron chi connectivity index (χ4n) is 2.63. The normalized spacial score (nSPS) is 12.8. The maximum Gasteiger partial charge on any atom is 0.160 e. The number of aliphatic hydroxyl groups is 1. The predicted octanol–water partition coefficient (Wildman–Crippen LogP) is 3.78. The molecule has 0 amide bonds. The van der Waals surface area contributed by atoms with Crippen molar-refractivity contribution in [1.29, 1.82) is 0 Å². The molecule has 2 rings (SSSR count). The molecule has 0 aliphatic heterocycles. The van der Waals surface area contributed by atoms with E-state index in [-0.39, 0.29) is 6.61 Å². The van der Waals surface area contributed by atoms with Crippen LogP contribution in [-0.2, 0) is 12.8 Å². The summed E-state index contributed by atoms with van der Waals surface area (Å²) in [7, 11) is 3.30. The lowest BCUT2D eigenvalue weighted by Crippen LogP contribution is -2.40. The first-order valence-corrected chi connectivity index (χ1v) is 9.97. The molecule has 146 valence electrons. The molecule has 0 saturated heterocycles. The maximum absolute atomic E-state index is 9.22. The van der Waals surface area contributed by atoms with Crippen LogP contribution in [0.25, 0.3) is 0 Å². The van der Waals surface area contributed by atoms with Crippen LogP contribution in [0.2, 0.25) is 0 Å². The molecule has 0 aliphatic rings. The second kappa shape index (κ2) is 10.4. The molecule has 0 spiro atoms. The average Bonchev–Trinajstić information content (AvgIpc) is 3.14. The molecule has 1 aromatic carbocycles. The highest BCUT2D eigenvalue weighted by Crippen LogP contribution is 2.28. The highest BCUT2D eigenvalue weighted by molar-refractivity contribution is 7.12. The summed E-state index contributed by atoms with van der Waals surface area (Å²) in [6, 6.07) is 10.2. The van der Waals surface area contributed by atoms with Crippen molar-refractivity contribution >= 4 is 11.3 Å². The summed E-state index contributed by atoms with van der Waals surface area (Å²) in [6.45, 7) is 1.88. The number of ether oxygens (including phenoxy) is 2. The number of nitrogens with two attached hydrogens (primary N) is 1. The summed E-state index contributed by atoms with van der Waals surface area (Å²) in [4.78, 5) is 2.34. The summed E-state index contributed by atoms with van der Waals surface area (Å²) in [6.07, 6.45) is 4.46. The zero-order valence-corrected chi connectivity index (χ0v) is 17.2. The number of aliphatic hydroxyl groups excluding tert-OH is 1. The fraction of sp³-hybridized carbons (Fsp3) is 0.455. The number of methoxy groups -OCH3 is 2. The lowest BCUT2D eigenvalue weighted by molar-refractivity contribution is 0.201. The Morgan fingerprint density at radius 3 is 2.59 bits per heavy atom. The minimum absolute atomic E-state index is 0.00507. The molecule has 2 aromatic rings. The second-order valence-corrected chi connectivity index (χ2v) is 8.09. The Morgan fingerprint density at radius 2 is 1.89 bits per heavy atom.